The lowest BCUT2D eigenvalue weighted by Gasteiger charge is -2.06. The van der Waals surface area contributed by atoms with Crippen molar-refractivity contribution in [2.24, 2.45) is 0 Å². The molecule has 2 aromatic rings. The van der Waals surface area contributed by atoms with Gasteiger partial charge in [-0.1, -0.05) is 5.16 Å². The number of hydrogen-bond acceptors (Lipinski definition) is 7. The van der Waals surface area contributed by atoms with E-state index in [1.54, 1.807) is 6.07 Å². The number of anilines is 1. The maximum absolute atomic E-state index is 10.7. The highest BCUT2D eigenvalue weighted by molar-refractivity contribution is 5.57. The smallest absolute Gasteiger partial charge is 0.311 e. The number of nitro benzene ring substituents is 1. The van der Waals surface area contributed by atoms with Crippen LogP contribution in [0.15, 0.2) is 29.1 Å². The van der Waals surface area contributed by atoms with Gasteiger partial charge in [-0.15, -0.1) is 0 Å². The van der Waals surface area contributed by atoms with Crippen LogP contribution in [0, 0.1) is 10.1 Å². The fraction of sp³-hybridized carbons (Fsp3) is 0.200. The molecule has 0 atom stereocenters. The van der Waals surface area contributed by atoms with Gasteiger partial charge in [0.2, 0.25) is 6.39 Å². The molecule has 1 heterocycles. The molecule has 0 radical (unpaired) electrons. The molecule has 0 fully saturated rings. The lowest BCUT2D eigenvalue weighted by atomic mass is 10.2. The molecule has 8 heteroatoms. The quantitative estimate of drug-likeness (QED) is 0.634. The molecule has 0 unspecified atom stereocenters. The molecule has 8 nitrogen and oxygen atoms in total. The maximum atomic E-state index is 10.7. The average molecular weight is 250 g/mol. The summed E-state index contributed by atoms with van der Waals surface area (Å²) < 4.78 is 9.54. The van der Waals surface area contributed by atoms with Crippen molar-refractivity contribution in [3.8, 4) is 5.75 Å². The molecule has 0 spiro atoms. The second-order valence-electron chi connectivity index (χ2n) is 3.34. The summed E-state index contributed by atoms with van der Waals surface area (Å²) in [6.45, 7) is 0.359. The first-order chi connectivity index (χ1) is 8.70. The van der Waals surface area contributed by atoms with Crippen LogP contribution in [0.3, 0.4) is 0 Å². The number of methoxy groups -OCH3 is 1. The minimum Gasteiger partial charge on any atom is -0.490 e. The Morgan fingerprint density at radius 3 is 3.00 bits per heavy atom. The van der Waals surface area contributed by atoms with E-state index in [0.29, 0.717) is 18.1 Å². The number of hydrogen-bond donors (Lipinski definition) is 1. The van der Waals surface area contributed by atoms with E-state index in [4.69, 9.17) is 4.74 Å². The molecule has 94 valence electrons. The zero-order valence-electron chi connectivity index (χ0n) is 9.49. The van der Waals surface area contributed by atoms with E-state index in [0.717, 1.165) is 0 Å². The van der Waals surface area contributed by atoms with Gasteiger partial charge in [-0.05, 0) is 6.07 Å². The Balaban J connectivity index is 2.12. The first kappa shape index (κ1) is 11.8. The van der Waals surface area contributed by atoms with Crippen LogP contribution in [0.1, 0.15) is 5.82 Å². The molecular formula is C10H10N4O4. The number of rotatable bonds is 5. The number of aromatic nitrogens is 2. The van der Waals surface area contributed by atoms with E-state index in [1.807, 2.05) is 0 Å². The Kier molecular flexibility index (Phi) is 3.37. The molecule has 0 aliphatic rings. The molecule has 2 rings (SSSR count). The minimum absolute atomic E-state index is 0.0809. The summed E-state index contributed by atoms with van der Waals surface area (Å²) in [6.07, 6.45) is 1.23. The fourth-order valence-corrected chi connectivity index (χ4v) is 1.39. The highest BCUT2D eigenvalue weighted by Gasteiger charge is 2.14. The van der Waals surface area contributed by atoms with E-state index in [-0.39, 0.29) is 11.4 Å². The van der Waals surface area contributed by atoms with Crippen molar-refractivity contribution < 1.29 is 14.2 Å². The molecule has 0 aliphatic heterocycles. The van der Waals surface area contributed by atoms with Crippen LogP contribution in [0.4, 0.5) is 11.4 Å². The molecule has 18 heavy (non-hydrogen) atoms. The van der Waals surface area contributed by atoms with Crippen LogP contribution < -0.4 is 10.1 Å². The lowest BCUT2D eigenvalue weighted by molar-refractivity contribution is -0.385. The van der Waals surface area contributed by atoms with E-state index >= 15 is 0 Å². The van der Waals surface area contributed by atoms with E-state index in [9.17, 15) is 10.1 Å². The minimum atomic E-state index is -0.498. The van der Waals surface area contributed by atoms with Gasteiger partial charge in [-0.3, -0.25) is 10.1 Å². The molecule has 0 saturated heterocycles. The van der Waals surface area contributed by atoms with Crippen LogP contribution >= 0.6 is 0 Å². The number of nitro groups is 1. The van der Waals surface area contributed by atoms with Crippen molar-refractivity contribution in [1.82, 2.24) is 10.1 Å². The molecule has 0 bridgehead atoms. The Morgan fingerprint density at radius 1 is 1.56 bits per heavy atom. The third kappa shape index (κ3) is 2.54. The predicted molar refractivity (Wildman–Crippen MR) is 61.3 cm³/mol. The van der Waals surface area contributed by atoms with Gasteiger partial charge in [0.15, 0.2) is 11.6 Å². The number of ether oxygens (including phenoxy) is 1. The summed E-state index contributed by atoms with van der Waals surface area (Å²) in [4.78, 5) is 14.1. The van der Waals surface area contributed by atoms with Crippen LogP contribution in [-0.4, -0.2) is 22.2 Å². The second-order valence-corrected chi connectivity index (χ2v) is 3.34. The Bertz CT molecular complexity index is 541. The van der Waals surface area contributed by atoms with Gasteiger partial charge in [0.25, 0.3) is 0 Å². The average Bonchev–Trinajstić information content (AvgIpc) is 2.88. The highest BCUT2D eigenvalue weighted by atomic mass is 16.6. The summed E-state index contributed by atoms with van der Waals surface area (Å²) in [5.41, 5.74) is 0.588. The van der Waals surface area contributed by atoms with Gasteiger partial charge in [0.1, 0.15) is 0 Å². The number of benzene rings is 1. The van der Waals surface area contributed by atoms with Crippen molar-refractivity contribution in [2.75, 3.05) is 12.4 Å². The van der Waals surface area contributed by atoms with Gasteiger partial charge in [0, 0.05) is 17.8 Å². The molecule has 0 amide bonds. The van der Waals surface area contributed by atoms with Crippen LogP contribution in [0.2, 0.25) is 0 Å². The summed E-state index contributed by atoms with van der Waals surface area (Å²) in [7, 11) is 1.38. The SMILES string of the molecule is COc1cc(NCc2ncon2)ccc1[N+](=O)[O-]. The topological polar surface area (TPSA) is 103 Å². The monoisotopic (exact) mass is 250 g/mol. The van der Waals surface area contributed by atoms with Gasteiger partial charge in [-0.25, -0.2) is 0 Å². The van der Waals surface area contributed by atoms with Gasteiger partial charge >= 0.3 is 5.69 Å². The first-order valence-corrected chi connectivity index (χ1v) is 5.02. The predicted octanol–water partition coefficient (Wildman–Crippen LogP) is 1.60. The Morgan fingerprint density at radius 2 is 2.39 bits per heavy atom. The highest BCUT2D eigenvalue weighted by Crippen LogP contribution is 2.29. The van der Waals surface area contributed by atoms with Gasteiger partial charge < -0.3 is 14.6 Å². The van der Waals surface area contributed by atoms with Crippen molar-refractivity contribution in [3.05, 3.63) is 40.5 Å². The van der Waals surface area contributed by atoms with Crippen molar-refractivity contribution in [2.45, 2.75) is 6.54 Å². The normalized spacial score (nSPS) is 10.1. The summed E-state index contributed by atoms with van der Waals surface area (Å²) >= 11 is 0. The third-order valence-electron chi connectivity index (χ3n) is 2.23. The largest absolute Gasteiger partial charge is 0.490 e. The molecule has 1 N–H and O–H groups in total. The van der Waals surface area contributed by atoms with Crippen LogP contribution in [-0.2, 0) is 6.54 Å². The Labute approximate surface area is 102 Å². The van der Waals surface area contributed by atoms with Gasteiger partial charge in [0.05, 0.1) is 18.6 Å². The maximum Gasteiger partial charge on any atom is 0.311 e. The Hall–Kier alpha value is -2.64. The molecule has 0 aliphatic carbocycles. The van der Waals surface area contributed by atoms with Crippen molar-refractivity contribution in [1.29, 1.82) is 0 Å². The first-order valence-electron chi connectivity index (χ1n) is 5.02. The third-order valence-corrected chi connectivity index (χ3v) is 2.23. The second kappa shape index (κ2) is 5.13. The fourth-order valence-electron chi connectivity index (χ4n) is 1.39. The molecular weight excluding hydrogens is 240 g/mol. The number of nitrogens with zero attached hydrogens (tertiary/aromatic N) is 3. The summed E-state index contributed by atoms with van der Waals surface area (Å²) in [5, 5.41) is 17.3. The van der Waals surface area contributed by atoms with Gasteiger partial charge in [-0.2, -0.15) is 4.98 Å². The lowest BCUT2D eigenvalue weighted by Crippen LogP contribution is -2.02. The van der Waals surface area contributed by atoms with E-state index in [2.05, 4.69) is 20.0 Å². The standard InChI is InChI=1S/C10H10N4O4/c1-17-9-4-7(2-3-8(9)14(15)16)11-5-10-12-6-18-13-10/h2-4,6,11H,5H2,1H3. The summed E-state index contributed by atoms with van der Waals surface area (Å²) in [5.74, 6) is 0.686. The number of nitrogens with one attached hydrogen (secondary N) is 1. The zero-order chi connectivity index (χ0) is 13.0. The van der Waals surface area contributed by atoms with Crippen molar-refractivity contribution >= 4 is 11.4 Å². The van der Waals surface area contributed by atoms with E-state index in [1.165, 1.54) is 25.6 Å². The van der Waals surface area contributed by atoms with E-state index < -0.39 is 4.92 Å². The van der Waals surface area contributed by atoms with Crippen LogP contribution in [0.25, 0.3) is 0 Å². The molecule has 1 aromatic heterocycles. The van der Waals surface area contributed by atoms with Crippen LogP contribution in [0.5, 0.6) is 5.75 Å². The van der Waals surface area contributed by atoms with Crippen molar-refractivity contribution in [3.63, 3.8) is 0 Å². The molecule has 0 saturated carbocycles. The zero-order valence-corrected chi connectivity index (χ0v) is 9.49. The molecule has 1 aromatic carbocycles. The summed E-state index contributed by atoms with van der Waals surface area (Å²) in [6, 6.07) is 4.50.